The van der Waals surface area contributed by atoms with Gasteiger partial charge in [-0.2, -0.15) is 13.2 Å². The number of methoxy groups -OCH3 is 1. The highest BCUT2D eigenvalue weighted by Crippen LogP contribution is 2.37. The molecule has 0 saturated carbocycles. The highest BCUT2D eigenvalue weighted by molar-refractivity contribution is 9.10. The monoisotopic (exact) mass is 299 g/mol. The molecule has 90 valence electrons. The Balaban J connectivity index is 3.26. The zero-order valence-electron chi connectivity index (χ0n) is 8.27. The van der Waals surface area contributed by atoms with Gasteiger partial charge in [-0.25, -0.2) is 5.90 Å². The molecule has 1 aromatic rings. The summed E-state index contributed by atoms with van der Waals surface area (Å²) in [6.45, 7) is -0.0398. The Bertz CT molecular complexity index is 382. The Morgan fingerprint density at radius 1 is 1.38 bits per heavy atom. The topological polar surface area (TPSA) is 44.5 Å². The molecule has 16 heavy (non-hydrogen) atoms. The SMILES string of the molecule is COc1cc(C(F)(F)F)cc(Br)c1CON. The maximum Gasteiger partial charge on any atom is 0.416 e. The van der Waals surface area contributed by atoms with Gasteiger partial charge in [0.05, 0.1) is 19.3 Å². The lowest BCUT2D eigenvalue weighted by molar-refractivity contribution is -0.137. The molecule has 0 aliphatic carbocycles. The highest BCUT2D eigenvalue weighted by atomic mass is 79.9. The Labute approximate surface area is 98.4 Å². The summed E-state index contributed by atoms with van der Waals surface area (Å²) in [5.74, 6) is 4.95. The Morgan fingerprint density at radius 2 is 2.00 bits per heavy atom. The van der Waals surface area contributed by atoms with Gasteiger partial charge in [-0.05, 0) is 12.1 Å². The molecule has 0 bridgehead atoms. The minimum Gasteiger partial charge on any atom is -0.496 e. The number of hydrogen-bond donors (Lipinski definition) is 1. The standard InChI is InChI=1S/C9H9BrF3NO2/c1-15-8-3-5(9(11,12)13)2-7(10)6(8)4-16-14/h2-3H,4,14H2,1H3. The van der Waals surface area contributed by atoms with Gasteiger partial charge in [0.1, 0.15) is 5.75 Å². The van der Waals surface area contributed by atoms with Crippen molar-refractivity contribution in [1.29, 1.82) is 0 Å². The van der Waals surface area contributed by atoms with Crippen LogP contribution in [0.1, 0.15) is 11.1 Å². The molecule has 0 aliphatic rings. The van der Waals surface area contributed by atoms with E-state index in [-0.39, 0.29) is 16.8 Å². The van der Waals surface area contributed by atoms with Crippen LogP contribution in [0.2, 0.25) is 0 Å². The van der Waals surface area contributed by atoms with Crippen LogP contribution in [-0.2, 0) is 17.6 Å². The van der Waals surface area contributed by atoms with Crippen molar-refractivity contribution < 1.29 is 22.7 Å². The fourth-order valence-electron chi connectivity index (χ4n) is 1.18. The second-order valence-electron chi connectivity index (χ2n) is 2.95. The quantitative estimate of drug-likeness (QED) is 0.873. The van der Waals surface area contributed by atoms with E-state index in [0.29, 0.717) is 5.56 Å². The Kier molecular flexibility index (Phi) is 4.17. The number of hydrogen-bond acceptors (Lipinski definition) is 3. The van der Waals surface area contributed by atoms with E-state index in [1.807, 2.05) is 0 Å². The molecular weight excluding hydrogens is 291 g/mol. The van der Waals surface area contributed by atoms with E-state index >= 15 is 0 Å². The maximum absolute atomic E-state index is 12.5. The van der Waals surface area contributed by atoms with Crippen LogP contribution in [0.25, 0.3) is 0 Å². The van der Waals surface area contributed by atoms with Crippen LogP contribution < -0.4 is 10.6 Å². The summed E-state index contributed by atoms with van der Waals surface area (Å²) in [5.41, 5.74) is -0.366. The summed E-state index contributed by atoms with van der Waals surface area (Å²) < 4.78 is 42.5. The third-order valence-electron chi connectivity index (χ3n) is 1.93. The van der Waals surface area contributed by atoms with Crippen molar-refractivity contribution in [2.45, 2.75) is 12.8 Å². The number of ether oxygens (including phenoxy) is 1. The average Bonchev–Trinajstić information content (AvgIpc) is 2.19. The summed E-state index contributed by atoms with van der Waals surface area (Å²) >= 11 is 3.02. The van der Waals surface area contributed by atoms with Gasteiger partial charge in [0, 0.05) is 10.0 Å². The van der Waals surface area contributed by atoms with Gasteiger partial charge in [0.2, 0.25) is 0 Å². The van der Waals surface area contributed by atoms with Gasteiger partial charge in [0.15, 0.2) is 0 Å². The lowest BCUT2D eigenvalue weighted by Gasteiger charge is -2.14. The smallest absolute Gasteiger partial charge is 0.416 e. The zero-order chi connectivity index (χ0) is 12.3. The second-order valence-corrected chi connectivity index (χ2v) is 3.80. The number of alkyl halides is 3. The van der Waals surface area contributed by atoms with Crippen molar-refractivity contribution >= 4 is 15.9 Å². The molecule has 7 heteroatoms. The molecule has 0 unspecified atom stereocenters. The first-order valence-electron chi connectivity index (χ1n) is 4.15. The molecule has 1 rings (SSSR count). The molecule has 0 spiro atoms. The van der Waals surface area contributed by atoms with Crippen molar-refractivity contribution in [2.75, 3.05) is 7.11 Å². The van der Waals surface area contributed by atoms with Crippen molar-refractivity contribution in [1.82, 2.24) is 0 Å². The highest BCUT2D eigenvalue weighted by Gasteiger charge is 2.32. The fraction of sp³-hybridized carbons (Fsp3) is 0.333. The van der Waals surface area contributed by atoms with Gasteiger partial charge >= 0.3 is 6.18 Å². The maximum atomic E-state index is 12.5. The summed E-state index contributed by atoms with van der Waals surface area (Å²) in [5, 5.41) is 0. The van der Waals surface area contributed by atoms with E-state index in [0.717, 1.165) is 12.1 Å². The zero-order valence-corrected chi connectivity index (χ0v) is 9.85. The van der Waals surface area contributed by atoms with E-state index in [1.54, 1.807) is 0 Å². The molecule has 0 atom stereocenters. The molecule has 0 radical (unpaired) electrons. The first-order valence-corrected chi connectivity index (χ1v) is 4.94. The van der Waals surface area contributed by atoms with E-state index in [2.05, 4.69) is 20.8 Å². The van der Waals surface area contributed by atoms with Gasteiger partial charge in [-0.1, -0.05) is 15.9 Å². The molecular formula is C9H9BrF3NO2. The molecule has 0 heterocycles. The van der Waals surface area contributed by atoms with E-state index in [9.17, 15) is 13.2 Å². The molecule has 2 N–H and O–H groups in total. The van der Waals surface area contributed by atoms with E-state index < -0.39 is 11.7 Å². The summed E-state index contributed by atoms with van der Waals surface area (Å²) in [4.78, 5) is 4.39. The van der Waals surface area contributed by atoms with E-state index in [1.165, 1.54) is 7.11 Å². The van der Waals surface area contributed by atoms with Crippen LogP contribution in [0, 0.1) is 0 Å². The van der Waals surface area contributed by atoms with Crippen LogP contribution in [-0.4, -0.2) is 7.11 Å². The minimum atomic E-state index is -4.42. The number of nitrogens with two attached hydrogens (primary N) is 1. The lowest BCUT2D eigenvalue weighted by Crippen LogP contribution is -2.08. The summed E-state index contributed by atoms with van der Waals surface area (Å²) in [7, 11) is 1.28. The predicted octanol–water partition coefficient (Wildman–Crippen LogP) is 2.87. The van der Waals surface area contributed by atoms with Gasteiger partial charge < -0.3 is 4.74 Å². The molecule has 0 amide bonds. The third-order valence-corrected chi connectivity index (χ3v) is 2.64. The number of rotatable bonds is 3. The van der Waals surface area contributed by atoms with Gasteiger partial charge in [-0.15, -0.1) is 0 Å². The molecule has 3 nitrogen and oxygen atoms in total. The molecule has 0 fully saturated rings. The Morgan fingerprint density at radius 3 is 2.44 bits per heavy atom. The summed E-state index contributed by atoms with van der Waals surface area (Å²) in [6.07, 6.45) is -4.42. The minimum absolute atomic E-state index is 0.0398. The van der Waals surface area contributed by atoms with Crippen LogP contribution >= 0.6 is 15.9 Å². The Hall–Kier alpha value is -0.790. The first kappa shape index (κ1) is 13.3. The van der Waals surface area contributed by atoms with Crippen molar-refractivity contribution in [3.05, 3.63) is 27.7 Å². The fourth-order valence-corrected chi connectivity index (χ4v) is 1.74. The molecule has 0 aliphatic heterocycles. The van der Waals surface area contributed by atoms with Crippen molar-refractivity contribution in [3.8, 4) is 5.75 Å². The lowest BCUT2D eigenvalue weighted by atomic mass is 10.1. The average molecular weight is 300 g/mol. The van der Waals surface area contributed by atoms with Gasteiger partial charge in [0.25, 0.3) is 0 Å². The molecule has 0 saturated heterocycles. The van der Waals surface area contributed by atoms with Crippen molar-refractivity contribution in [2.24, 2.45) is 5.90 Å². The molecule has 1 aromatic carbocycles. The largest absolute Gasteiger partial charge is 0.496 e. The normalized spacial score (nSPS) is 11.6. The number of halogens is 4. The number of benzene rings is 1. The second kappa shape index (κ2) is 5.03. The third kappa shape index (κ3) is 2.87. The van der Waals surface area contributed by atoms with Crippen molar-refractivity contribution in [3.63, 3.8) is 0 Å². The van der Waals surface area contributed by atoms with Crippen LogP contribution in [0.4, 0.5) is 13.2 Å². The van der Waals surface area contributed by atoms with Gasteiger partial charge in [-0.3, -0.25) is 4.84 Å². The van der Waals surface area contributed by atoms with Crippen LogP contribution in [0.5, 0.6) is 5.75 Å². The molecule has 0 aromatic heterocycles. The van der Waals surface area contributed by atoms with E-state index in [4.69, 9.17) is 10.6 Å². The van der Waals surface area contributed by atoms with Crippen LogP contribution in [0.3, 0.4) is 0 Å². The van der Waals surface area contributed by atoms with Crippen LogP contribution in [0.15, 0.2) is 16.6 Å². The predicted molar refractivity (Wildman–Crippen MR) is 54.7 cm³/mol. The first-order chi connectivity index (χ1) is 7.40. The summed E-state index contributed by atoms with van der Waals surface area (Å²) in [6, 6.07) is 1.86.